The Balaban J connectivity index is 1.27. The molecule has 1 aliphatic rings. The van der Waals surface area contributed by atoms with Gasteiger partial charge in [-0.1, -0.05) is 30.7 Å². The molecule has 3 rings (SSSR count). The molecule has 2 aromatic rings. The first-order valence-electron chi connectivity index (χ1n) is 10.9. The standard InChI is InChI=1S/C24H30N4O3/c29-22-9-5-4-8-21(22)26-23(30)10-2-1-3-11-24(31)27-25-18-19-12-14-20(15-13-19)28-16-6-7-17-28/h4-5,8-9,12-15,18,29H,1-3,6-7,10-11,16-17H2,(H,26,30)(H,27,31)/b25-18+. The lowest BCUT2D eigenvalue weighted by Gasteiger charge is -2.17. The highest BCUT2D eigenvalue weighted by molar-refractivity contribution is 5.92. The van der Waals surface area contributed by atoms with E-state index in [0.717, 1.165) is 25.1 Å². The van der Waals surface area contributed by atoms with E-state index in [1.165, 1.54) is 24.6 Å². The predicted octanol–water partition coefficient (Wildman–Crippen LogP) is 4.03. The van der Waals surface area contributed by atoms with Crippen molar-refractivity contribution in [2.75, 3.05) is 23.3 Å². The lowest BCUT2D eigenvalue weighted by atomic mass is 10.1. The van der Waals surface area contributed by atoms with Crippen LogP contribution in [0.1, 0.15) is 50.5 Å². The fourth-order valence-electron chi connectivity index (χ4n) is 3.52. The quantitative estimate of drug-likeness (QED) is 0.233. The summed E-state index contributed by atoms with van der Waals surface area (Å²) in [7, 11) is 0. The number of hydrazone groups is 1. The van der Waals surface area contributed by atoms with E-state index in [2.05, 4.69) is 32.9 Å². The van der Waals surface area contributed by atoms with Crippen LogP contribution in [-0.4, -0.2) is 36.2 Å². The largest absolute Gasteiger partial charge is 0.506 e. The normalized spacial score (nSPS) is 13.5. The zero-order valence-electron chi connectivity index (χ0n) is 17.7. The number of hydrogen-bond donors (Lipinski definition) is 3. The van der Waals surface area contributed by atoms with Gasteiger partial charge in [0.05, 0.1) is 11.9 Å². The van der Waals surface area contributed by atoms with Crippen molar-refractivity contribution in [2.45, 2.75) is 44.9 Å². The monoisotopic (exact) mass is 422 g/mol. The molecule has 0 bridgehead atoms. The first-order chi connectivity index (χ1) is 15.1. The molecule has 0 atom stereocenters. The Hall–Kier alpha value is -3.35. The first-order valence-corrected chi connectivity index (χ1v) is 10.9. The number of benzene rings is 2. The minimum absolute atomic E-state index is 0.0515. The Kier molecular flexibility index (Phi) is 8.46. The van der Waals surface area contributed by atoms with Crippen molar-refractivity contribution in [1.29, 1.82) is 0 Å². The van der Waals surface area contributed by atoms with Crippen LogP contribution >= 0.6 is 0 Å². The van der Waals surface area contributed by atoms with E-state index in [0.29, 0.717) is 31.4 Å². The van der Waals surface area contributed by atoms with Crippen molar-refractivity contribution < 1.29 is 14.7 Å². The van der Waals surface area contributed by atoms with Crippen LogP contribution in [0.3, 0.4) is 0 Å². The first kappa shape index (κ1) is 22.3. The van der Waals surface area contributed by atoms with Gasteiger partial charge in [-0.15, -0.1) is 0 Å². The van der Waals surface area contributed by atoms with Crippen molar-refractivity contribution in [2.24, 2.45) is 5.10 Å². The van der Waals surface area contributed by atoms with Crippen molar-refractivity contribution in [3.05, 3.63) is 54.1 Å². The number of carbonyl (C=O) groups excluding carboxylic acids is 2. The number of amides is 2. The molecular weight excluding hydrogens is 392 g/mol. The Morgan fingerprint density at radius 1 is 0.935 bits per heavy atom. The van der Waals surface area contributed by atoms with Gasteiger partial charge in [0.2, 0.25) is 11.8 Å². The van der Waals surface area contributed by atoms with E-state index in [1.54, 1.807) is 24.4 Å². The van der Waals surface area contributed by atoms with Crippen LogP contribution in [0.4, 0.5) is 11.4 Å². The van der Waals surface area contributed by atoms with Crippen LogP contribution in [0.15, 0.2) is 53.6 Å². The van der Waals surface area contributed by atoms with E-state index < -0.39 is 0 Å². The smallest absolute Gasteiger partial charge is 0.240 e. The number of phenols is 1. The van der Waals surface area contributed by atoms with Gasteiger partial charge in [0.25, 0.3) is 0 Å². The van der Waals surface area contributed by atoms with Crippen molar-refractivity contribution in [3.63, 3.8) is 0 Å². The van der Waals surface area contributed by atoms with E-state index in [-0.39, 0.29) is 17.6 Å². The second-order valence-corrected chi connectivity index (χ2v) is 7.70. The second-order valence-electron chi connectivity index (χ2n) is 7.70. The Bertz CT molecular complexity index is 890. The number of carbonyl (C=O) groups is 2. The number of aromatic hydroxyl groups is 1. The molecule has 1 heterocycles. The van der Waals surface area contributed by atoms with E-state index in [4.69, 9.17) is 0 Å². The maximum atomic E-state index is 11.9. The summed E-state index contributed by atoms with van der Waals surface area (Å²) in [4.78, 5) is 26.2. The average molecular weight is 423 g/mol. The number of hydrogen-bond acceptors (Lipinski definition) is 5. The van der Waals surface area contributed by atoms with Gasteiger partial charge in [-0.3, -0.25) is 9.59 Å². The lowest BCUT2D eigenvalue weighted by molar-refractivity contribution is -0.121. The molecule has 7 nitrogen and oxygen atoms in total. The van der Waals surface area contributed by atoms with Gasteiger partial charge in [0.1, 0.15) is 5.75 Å². The van der Waals surface area contributed by atoms with Gasteiger partial charge in [-0.25, -0.2) is 5.43 Å². The molecule has 1 aliphatic heterocycles. The van der Waals surface area contributed by atoms with E-state index in [9.17, 15) is 14.7 Å². The minimum Gasteiger partial charge on any atom is -0.506 e. The minimum atomic E-state index is -0.147. The third kappa shape index (κ3) is 7.44. The molecule has 7 heteroatoms. The van der Waals surface area contributed by atoms with Gasteiger partial charge >= 0.3 is 0 Å². The molecule has 1 fully saturated rings. The summed E-state index contributed by atoms with van der Waals surface area (Å²) in [5.41, 5.74) is 5.14. The molecule has 0 radical (unpaired) electrons. The average Bonchev–Trinajstić information content (AvgIpc) is 3.31. The molecule has 2 amide bonds. The Morgan fingerprint density at radius 2 is 1.61 bits per heavy atom. The maximum absolute atomic E-state index is 11.9. The Morgan fingerprint density at radius 3 is 2.32 bits per heavy atom. The summed E-state index contributed by atoms with van der Waals surface area (Å²) in [5, 5.41) is 16.4. The highest BCUT2D eigenvalue weighted by Gasteiger charge is 2.11. The van der Waals surface area contributed by atoms with E-state index >= 15 is 0 Å². The zero-order valence-corrected chi connectivity index (χ0v) is 17.7. The highest BCUT2D eigenvalue weighted by atomic mass is 16.3. The summed E-state index contributed by atoms with van der Waals surface area (Å²) in [6, 6.07) is 14.8. The molecule has 0 spiro atoms. The molecule has 1 saturated heterocycles. The number of rotatable bonds is 10. The molecule has 31 heavy (non-hydrogen) atoms. The number of nitrogens with zero attached hydrogens (tertiary/aromatic N) is 2. The van der Waals surface area contributed by atoms with Crippen LogP contribution in [0.2, 0.25) is 0 Å². The predicted molar refractivity (Wildman–Crippen MR) is 123 cm³/mol. The van der Waals surface area contributed by atoms with Gasteiger partial charge in [-0.05, 0) is 55.5 Å². The molecule has 0 aliphatic carbocycles. The van der Waals surface area contributed by atoms with Crippen molar-refractivity contribution in [3.8, 4) is 5.75 Å². The molecule has 0 aromatic heterocycles. The summed E-state index contributed by atoms with van der Waals surface area (Å²) in [5.74, 6) is -0.231. The van der Waals surface area contributed by atoms with Crippen molar-refractivity contribution in [1.82, 2.24) is 5.43 Å². The second kappa shape index (κ2) is 11.7. The zero-order chi connectivity index (χ0) is 21.9. The summed E-state index contributed by atoms with van der Waals surface area (Å²) in [6.07, 6.45) is 7.00. The molecule has 0 unspecified atom stereocenters. The molecule has 3 N–H and O–H groups in total. The SMILES string of the molecule is O=C(CCCCCC(=O)Nc1ccccc1O)N/N=C/c1ccc(N2CCCC2)cc1. The van der Waals surface area contributed by atoms with Crippen LogP contribution in [0.25, 0.3) is 0 Å². The molecular formula is C24H30N4O3. The summed E-state index contributed by atoms with van der Waals surface area (Å²) >= 11 is 0. The van der Waals surface area contributed by atoms with Gasteiger partial charge in [-0.2, -0.15) is 5.10 Å². The lowest BCUT2D eigenvalue weighted by Crippen LogP contribution is -2.17. The van der Waals surface area contributed by atoms with E-state index in [1.807, 2.05) is 12.1 Å². The topological polar surface area (TPSA) is 94.0 Å². The third-order valence-electron chi connectivity index (χ3n) is 5.25. The number of nitrogens with one attached hydrogen (secondary N) is 2. The highest BCUT2D eigenvalue weighted by Crippen LogP contribution is 2.22. The van der Waals surface area contributed by atoms with Crippen LogP contribution in [0, 0.1) is 0 Å². The third-order valence-corrected chi connectivity index (χ3v) is 5.25. The molecule has 164 valence electrons. The van der Waals surface area contributed by atoms with Crippen LogP contribution in [-0.2, 0) is 9.59 Å². The fourth-order valence-corrected chi connectivity index (χ4v) is 3.52. The van der Waals surface area contributed by atoms with Gasteiger partial charge in [0, 0.05) is 31.6 Å². The fraction of sp³-hybridized carbons (Fsp3) is 0.375. The number of phenolic OH excluding ortho intramolecular Hbond substituents is 1. The number of anilines is 2. The number of para-hydroxylation sites is 2. The van der Waals surface area contributed by atoms with Gasteiger partial charge < -0.3 is 15.3 Å². The van der Waals surface area contributed by atoms with Crippen LogP contribution in [0.5, 0.6) is 5.75 Å². The van der Waals surface area contributed by atoms with Crippen molar-refractivity contribution >= 4 is 29.4 Å². The van der Waals surface area contributed by atoms with Crippen LogP contribution < -0.4 is 15.6 Å². The molecule has 0 saturated carbocycles. The summed E-state index contributed by atoms with van der Waals surface area (Å²) in [6.45, 7) is 2.23. The number of unbranched alkanes of at least 4 members (excludes halogenated alkanes) is 2. The summed E-state index contributed by atoms with van der Waals surface area (Å²) < 4.78 is 0. The molecule has 2 aromatic carbocycles. The van der Waals surface area contributed by atoms with Gasteiger partial charge in [0.15, 0.2) is 0 Å². The Labute approximate surface area is 183 Å². The maximum Gasteiger partial charge on any atom is 0.240 e.